The first-order chi connectivity index (χ1) is 9.02. The summed E-state index contributed by atoms with van der Waals surface area (Å²) in [7, 11) is 0. The molecule has 1 aromatic heterocycles. The third-order valence-electron chi connectivity index (χ3n) is 3.58. The average molecular weight is 281 g/mol. The fraction of sp³-hybridized carbons (Fsp3) is 0.571. The topological polar surface area (TPSA) is 57.6 Å². The quantitative estimate of drug-likeness (QED) is 0.922. The molecule has 1 aromatic rings. The van der Waals surface area contributed by atoms with Crippen LogP contribution in [0.2, 0.25) is 0 Å². The van der Waals surface area contributed by atoms with Crippen LogP contribution in [0.3, 0.4) is 0 Å². The summed E-state index contributed by atoms with van der Waals surface area (Å²) in [6, 6.07) is 1.97. The lowest BCUT2D eigenvalue weighted by Gasteiger charge is -2.14. The van der Waals surface area contributed by atoms with E-state index in [0.717, 1.165) is 17.7 Å². The van der Waals surface area contributed by atoms with Gasteiger partial charge in [-0.15, -0.1) is 11.3 Å². The normalized spacial score (nSPS) is 18.8. The summed E-state index contributed by atoms with van der Waals surface area (Å²) >= 11 is 1.52. The first kappa shape index (κ1) is 14.1. The second-order valence-corrected chi connectivity index (χ2v) is 6.27. The third-order valence-corrected chi connectivity index (χ3v) is 4.66. The molecule has 0 aromatic carbocycles. The van der Waals surface area contributed by atoms with E-state index < -0.39 is 11.9 Å². The molecular weight excluding hydrogens is 262 g/mol. The van der Waals surface area contributed by atoms with Gasteiger partial charge in [0.25, 0.3) is 5.91 Å². The number of hydrogen-bond acceptors (Lipinski definition) is 3. The minimum absolute atomic E-state index is 0.0146. The van der Waals surface area contributed by atoms with Gasteiger partial charge in [-0.25, -0.2) is 0 Å². The van der Waals surface area contributed by atoms with Crippen molar-refractivity contribution < 1.29 is 14.7 Å². The van der Waals surface area contributed by atoms with Crippen LogP contribution in [-0.2, 0) is 11.2 Å². The maximum Gasteiger partial charge on any atom is 0.308 e. The van der Waals surface area contributed by atoms with Gasteiger partial charge in [-0.3, -0.25) is 9.59 Å². The summed E-state index contributed by atoms with van der Waals surface area (Å²) in [5.74, 6) is -1.22. The van der Waals surface area contributed by atoms with Crippen molar-refractivity contribution in [2.75, 3.05) is 13.1 Å². The maximum absolute atomic E-state index is 12.3. The fourth-order valence-corrected chi connectivity index (χ4v) is 3.48. The number of hydrogen-bond donors (Lipinski definition) is 1. The minimum atomic E-state index is -0.802. The molecule has 1 amide bonds. The Morgan fingerprint density at radius 3 is 2.84 bits per heavy atom. The molecular formula is C14H19NO3S. The molecule has 2 heterocycles. The molecule has 1 aliphatic rings. The number of rotatable bonds is 4. The lowest BCUT2D eigenvalue weighted by atomic mass is 10.1. The summed E-state index contributed by atoms with van der Waals surface area (Å²) in [5, 5.41) is 8.97. The Morgan fingerprint density at radius 2 is 2.26 bits per heavy atom. The first-order valence-corrected chi connectivity index (χ1v) is 7.46. The molecule has 19 heavy (non-hydrogen) atoms. The number of thiophene rings is 1. The van der Waals surface area contributed by atoms with Gasteiger partial charge in [-0.1, -0.05) is 13.3 Å². The number of aryl methyl sites for hydroxylation is 2. The van der Waals surface area contributed by atoms with Crippen LogP contribution in [0.1, 0.15) is 39.9 Å². The van der Waals surface area contributed by atoms with Crippen molar-refractivity contribution in [1.82, 2.24) is 4.90 Å². The lowest BCUT2D eigenvalue weighted by Crippen LogP contribution is -2.29. The van der Waals surface area contributed by atoms with Gasteiger partial charge < -0.3 is 10.0 Å². The van der Waals surface area contributed by atoms with Gasteiger partial charge in [0.15, 0.2) is 0 Å². The van der Waals surface area contributed by atoms with E-state index in [1.807, 2.05) is 13.0 Å². The number of nitrogens with zero attached hydrogens (tertiary/aromatic N) is 1. The van der Waals surface area contributed by atoms with Crippen molar-refractivity contribution in [2.24, 2.45) is 5.92 Å². The predicted molar refractivity (Wildman–Crippen MR) is 74.7 cm³/mol. The Labute approximate surface area is 117 Å². The molecule has 5 heteroatoms. The van der Waals surface area contributed by atoms with Gasteiger partial charge >= 0.3 is 5.97 Å². The number of aliphatic carboxylic acids is 1. The van der Waals surface area contributed by atoms with E-state index in [4.69, 9.17) is 5.11 Å². The zero-order valence-corrected chi connectivity index (χ0v) is 12.1. The summed E-state index contributed by atoms with van der Waals surface area (Å²) < 4.78 is 0. The predicted octanol–water partition coefficient (Wildman–Crippen LogP) is 2.56. The van der Waals surface area contributed by atoms with Gasteiger partial charge in [-0.2, -0.15) is 0 Å². The second kappa shape index (κ2) is 5.74. The number of amides is 1. The third kappa shape index (κ3) is 2.97. The van der Waals surface area contributed by atoms with Gasteiger partial charge in [-0.05, 0) is 31.4 Å². The SMILES string of the molecule is CCCc1cc(C(=O)N2CC[C@@H](C(=O)O)C2)sc1C. The highest BCUT2D eigenvalue weighted by atomic mass is 32.1. The van der Waals surface area contributed by atoms with Crippen LogP contribution in [-0.4, -0.2) is 35.0 Å². The molecule has 1 fully saturated rings. The molecule has 1 saturated heterocycles. The van der Waals surface area contributed by atoms with Crippen LogP contribution in [0, 0.1) is 12.8 Å². The first-order valence-electron chi connectivity index (χ1n) is 6.64. The van der Waals surface area contributed by atoms with Crippen LogP contribution in [0.5, 0.6) is 0 Å². The van der Waals surface area contributed by atoms with Crippen molar-refractivity contribution in [3.8, 4) is 0 Å². The largest absolute Gasteiger partial charge is 0.481 e. The Hall–Kier alpha value is -1.36. The molecule has 4 nitrogen and oxygen atoms in total. The second-order valence-electron chi connectivity index (χ2n) is 5.02. The molecule has 0 bridgehead atoms. The maximum atomic E-state index is 12.3. The van der Waals surface area contributed by atoms with Crippen LogP contribution >= 0.6 is 11.3 Å². The standard InChI is InChI=1S/C14H19NO3S/c1-3-4-10-7-12(19-9(10)2)13(16)15-6-5-11(8-15)14(17)18/h7,11H,3-6,8H2,1-2H3,(H,17,18)/t11-/m1/s1. The van der Waals surface area contributed by atoms with Crippen molar-refractivity contribution >= 4 is 23.2 Å². The van der Waals surface area contributed by atoms with E-state index >= 15 is 0 Å². The zero-order valence-electron chi connectivity index (χ0n) is 11.3. The molecule has 104 valence electrons. The number of carbonyl (C=O) groups excluding carboxylic acids is 1. The number of carboxylic acids is 1. The van der Waals surface area contributed by atoms with Crippen molar-refractivity contribution in [1.29, 1.82) is 0 Å². The Kier molecular flexibility index (Phi) is 4.24. The molecule has 1 atom stereocenters. The number of carbonyl (C=O) groups is 2. The summed E-state index contributed by atoms with van der Waals surface area (Å²) in [6.07, 6.45) is 2.62. The van der Waals surface area contributed by atoms with Gasteiger partial charge in [0.1, 0.15) is 0 Å². The van der Waals surface area contributed by atoms with E-state index in [-0.39, 0.29) is 5.91 Å². The Morgan fingerprint density at radius 1 is 1.53 bits per heavy atom. The van der Waals surface area contributed by atoms with E-state index in [2.05, 4.69) is 6.92 Å². The van der Waals surface area contributed by atoms with E-state index in [0.29, 0.717) is 19.5 Å². The van der Waals surface area contributed by atoms with Gasteiger partial charge in [0.05, 0.1) is 10.8 Å². The average Bonchev–Trinajstić information content (AvgIpc) is 2.97. The van der Waals surface area contributed by atoms with Gasteiger partial charge in [0.2, 0.25) is 0 Å². The lowest BCUT2D eigenvalue weighted by molar-refractivity contribution is -0.141. The van der Waals surface area contributed by atoms with Crippen LogP contribution in [0.4, 0.5) is 0 Å². The smallest absolute Gasteiger partial charge is 0.308 e. The molecule has 1 N–H and O–H groups in total. The summed E-state index contributed by atoms with van der Waals surface area (Å²) in [5.41, 5.74) is 1.24. The fourth-order valence-electron chi connectivity index (χ4n) is 2.44. The molecule has 0 saturated carbocycles. The minimum Gasteiger partial charge on any atom is -0.481 e. The zero-order chi connectivity index (χ0) is 14.0. The number of likely N-dealkylation sites (tertiary alicyclic amines) is 1. The molecule has 0 aliphatic carbocycles. The molecule has 2 rings (SSSR count). The highest BCUT2D eigenvalue weighted by molar-refractivity contribution is 7.14. The summed E-state index contributed by atoms with van der Waals surface area (Å²) in [6.45, 7) is 5.05. The molecule has 0 radical (unpaired) electrons. The van der Waals surface area contributed by atoms with Crippen molar-refractivity contribution in [2.45, 2.75) is 33.1 Å². The Bertz CT molecular complexity index is 495. The van der Waals surface area contributed by atoms with E-state index in [1.54, 1.807) is 4.90 Å². The van der Waals surface area contributed by atoms with Crippen molar-refractivity contribution in [3.05, 3.63) is 21.4 Å². The Balaban J connectivity index is 2.08. The molecule has 0 spiro atoms. The van der Waals surface area contributed by atoms with Crippen LogP contribution < -0.4 is 0 Å². The molecule has 1 aliphatic heterocycles. The summed E-state index contributed by atoms with van der Waals surface area (Å²) in [4.78, 5) is 26.8. The highest BCUT2D eigenvalue weighted by Gasteiger charge is 2.31. The van der Waals surface area contributed by atoms with Gasteiger partial charge in [0, 0.05) is 18.0 Å². The van der Waals surface area contributed by atoms with Crippen LogP contribution in [0.25, 0.3) is 0 Å². The number of carboxylic acid groups (broad SMARTS) is 1. The van der Waals surface area contributed by atoms with E-state index in [9.17, 15) is 9.59 Å². The van der Waals surface area contributed by atoms with E-state index in [1.165, 1.54) is 21.8 Å². The molecule has 0 unspecified atom stereocenters. The monoisotopic (exact) mass is 281 g/mol. The van der Waals surface area contributed by atoms with Crippen molar-refractivity contribution in [3.63, 3.8) is 0 Å². The highest BCUT2D eigenvalue weighted by Crippen LogP contribution is 2.26. The van der Waals surface area contributed by atoms with Crippen LogP contribution in [0.15, 0.2) is 6.07 Å².